The van der Waals surface area contributed by atoms with E-state index in [0.29, 0.717) is 12.6 Å². The maximum Gasteiger partial charge on any atom is 0.409 e. The number of piperazine rings is 1. The van der Waals surface area contributed by atoms with Crippen LogP contribution in [0, 0.1) is 0 Å². The van der Waals surface area contributed by atoms with Crippen LogP contribution in [0.3, 0.4) is 0 Å². The van der Waals surface area contributed by atoms with Crippen LogP contribution >= 0.6 is 0 Å². The Balaban J connectivity index is 1.76. The number of amides is 1. The molecule has 0 spiro atoms. The summed E-state index contributed by atoms with van der Waals surface area (Å²) in [6.07, 6.45) is 0.612. The van der Waals surface area contributed by atoms with Gasteiger partial charge in [-0.3, -0.25) is 4.90 Å². The number of nitrogens with zero attached hydrogens (tertiary/aromatic N) is 2. The summed E-state index contributed by atoms with van der Waals surface area (Å²) in [7, 11) is 1.46. The fourth-order valence-corrected chi connectivity index (χ4v) is 3.54. The van der Waals surface area contributed by atoms with Crippen molar-refractivity contribution in [3.63, 3.8) is 0 Å². The maximum absolute atomic E-state index is 12.3. The zero-order chi connectivity index (χ0) is 17.6. The van der Waals surface area contributed by atoms with Crippen molar-refractivity contribution in [3.05, 3.63) is 71.8 Å². The highest BCUT2D eigenvalue weighted by Gasteiger charge is 2.34. The number of benzene rings is 2. The van der Waals surface area contributed by atoms with E-state index in [-0.39, 0.29) is 12.1 Å². The molecule has 2 aromatic rings. The minimum atomic E-state index is -0.229. The van der Waals surface area contributed by atoms with Crippen molar-refractivity contribution in [1.82, 2.24) is 9.80 Å². The Hall–Kier alpha value is -2.33. The molecule has 3 rings (SSSR count). The molecule has 2 atom stereocenters. The molecule has 2 aromatic carbocycles. The van der Waals surface area contributed by atoms with Crippen LogP contribution in [0.2, 0.25) is 0 Å². The van der Waals surface area contributed by atoms with Gasteiger partial charge < -0.3 is 9.64 Å². The predicted molar refractivity (Wildman–Crippen MR) is 99.4 cm³/mol. The van der Waals surface area contributed by atoms with E-state index >= 15 is 0 Å². The van der Waals surface area contributed by atoms with Gasteiger partial charge in [-0.05, 0) is 24.5 Å². The van der Waals surface area contributed by atoms with E-state index in [1.807, 2.05) is 29.2 Å². The molecule has 4 heteroatoms. The Bertz CT molecular complexity index is 675. The molecule has 0 N–H and O–H groups in total. The summed E-state index contributed by atoms with van der Waals surface area (Å²) in [4.78, 5) is 16.6. The molecule has 0 saturated carbocycles. The summed E-state index contributed by atoms with van der Waals surface area (Å²) in [5.41, 5.74) is 2.55. The van der Waals surface area contributed by atoms with Crippen molar-refractivity contribution in [3.8, 4) is 0 Å². The van der Waals surface area contributed by atoms with Crippen molar-refractivity contribution in [2.45, 2.75) is 32.0 Å². The van der Waals surface area contributed by atoms with Gasteiger partial charge in [0.25, 0.3) is 0 Å². The summed E-state index contributed by atoms with van der Waals surface area (Å²) in [5, 5.41) is 0. The Morgan fingerprint density at radius 3 is 2.20 bits per heavy atom. The molecule has 25 heavy (non-hydrogen) atoms. The normalized spacial score (nSPS) is 21.1. The number of carbonyl (C=O) groups is 1. The fraction of sp³-hybridized carbons (Fsp3) is 0.381. The second kappa shape index (κ2) is 8.17. The van der Waals surface area contributed by atoms with Gasteiger partial charge in [-0.15, -0.1) is 0 Å². The average Bonchev–Trinajstić information content (AvgIpc) is 2.65. The standard InChI is InChI=1S/C21H26N2O2/c1-17-14-23(21(24)25-2)20(13-18-9-5-3-6-10-18)16-22(17)15-19-11-7-4-8-12-19/h3-12,17,20H,13-16H2,1-2H3/t17-,20+/m1/s1. The van der Waals surface area contributed by atoms with E-state index in [1.165, 1.54) is 18.2 Å². The Labute approximate surface area is 150 Å². The third kappa shape index (κ3) is 4.40. The molecule has 0 unspecified atom stereocenters. The van der Waals surface area contributed by atoms with Gasteiger partial charge in [0.15, 0.2) is 0 Å². The molecule has 0 aromatic heterocycles. The number of ether oxygens (including phenoxy) is 1. The van der Waals surface area contributed by atoms with Crippen molar-refractivity contribution in [1.29, 1.82) is 0 Å². The molecule has 1 saturated heterocycles. The van der Waals surface area contributed by atoms with Gasteiger partial charge in [0.1, 0.15) is 0 Å². The molecule has 1 aliphatic heterocycles. The van der Waals surface area contributed by atoms with Gasteiger partial charge in [-0.25, -0.2) is 4.79 Å². The first-order valence-corrected chi connectivity index (χ1v) is 8.84. The zero-order valence-corrected chi connectivity index (χ0v) is 15.0. The molecule has 1 heterocycles. The highest BCUT2D eigenvalue weighted by Crippen LogP contribution is 2.21. The minimum absolute atomic E-state index is 0.120. The van der Waals surface area contributed by atoms with Crippen LogP contribution in [0.25, 0.3) is 0 Å². The van der Waals surface area contributed by atoms with E-state index in [0.717, 1.165) is 19.5 Å². The highest BCUT2D eigenvalue weighted by molar-refractivity contribution is 5.68. The van der Waals surface area contributed by atoms with Crippen LogP contribution in [0.1, 0.15) is 18.1 Å². The van der Waals surface area contributed by atoms with E-state index in [9.17, 15) is 4.79 Å². The molecular formula is C21H26N2O2. The van der Waals surface area contributed by atoms with E-state index in [1.54, 1.807) is 0 Å². The lowest BCUT2D eigenvalue weighted by atomic mass is 9.99. The Kier molecular flexibility index (Phi) is 5.71. The van der Waals surface area contributed by atoms with Gasteiger partial charge >= 0.3 is 6.09 Å². The molecule has 1 aliphatic rings. The lowest BCUT2D eigenvalue weighted by Crippen LogP contribution is -2.59. The van der Waals surface area contributed by atoms with Crippen LogP contribution in [0.5, 0.6) is 0 Å². The smallest absolute Gasteiger partial charge is 0.409 e. The molecule has 132 valence electrons. The number of methoxy groups -OCH3 is 1. The van der Waals surface area contributed by atoms with Crippen molar-refractivity contribution in [2.24, 2.45) is 0 Å². The number of carbonyl (C=O) groups excluding carboxylic acids is 1. The number of hydrogen-bond acceptors (Lipinski definition) is 3. The number of hydrogen-bond donors (Lipinski definition) is 0. The molecule has 1 amide bonds. The van der Waals surface area contributed by atoms with Crippen LogP contribution in [-0.4, -0.2) is 48.2 Å². The predicted octanol–water partition coefficient (Wildman–Crippen LogP) is 3.57. The molecule has 0 radical (unpaired) electrons. The third-order valence-electron chi connectivity index (χ3n) is 4.92. The van der Waals surface area contributed by atoms with Crippen molar-refractivity contribution < 1.29 is 9.53 Å². The summed E-state index contributed by atoms with van der Waals surface area (Å²) in [6, 6.07) is 21.3. The molecular weight excluding hydrogens is 312 g/mol. The van der Waals surface area contributed by atoms with Crippen LogP contribution < -0.4 is 0 Å². The van der Waals surface area contributed by atoms with E-state index < -0.39 is 0 Å². The van der Waals surface area contributed by atoms with Crippen LogP contribution in [-0.2, 0) is 17.7 Å². The highest BCUT2D eigenvalue weighted by atomic mass is 16.5. The fourth-order valence-electron chi connectivity index (χ4n) is 3.54. The van der Waals surface area contributed by atoms with Gasteiger partial charge in [-0.1, -0.05) is 60.7 Å². The largest absolute Gasteiger partial charge is 0.453 e. The minimum Gasteiger partial charge on any atom is -0.453 e. The van der Waals surface area contributed by atoms with Crippen molar-refractivity contribution >= 4 is 6.09 Å². The maximum atomic E-state index is 12.3. The first-order chi connectivity index (χ1) is 12.2. The lowest BCUT2D eigenvalue weighted by molar-refractivity contribution is 0.0267. The number of rotatable bonds is 4. The third-order valence-corrected chi connectivity index (χ3v) is 4.92. The Morgan fingerprint density at radius 2 is 1.60 bits per heavy atom. The van der Waals surface area contributed by atoms with E-state index in [4.69, 9.17) is 4.74 Å². The summed E-state index contributed by atoms with van der Waals surface area (Å²) in [5.74, 6) is 0. The SMILES string of the molecule is COC(=O)N1C[C@@H](C)N(Cc2ccccc2)C[C@@H]1Cc1ccccc1. The average molecular weight is 338 g/mol. The van der Waals surface area contributed by atoms with Gasteiger partial charge in [0.05, 0.1) is 13.2 Å². The summed E-state index contributed by atoms with van der Waals surface area (Å²) >= 11 is 0. The van der Waals surface area contributed by atoms with E-state index in [2.05, 4.69) is 48.2 Å². The van der Waals surface area contributed by atoms with Crippen LogP contribution in [0.4, 0.5) is 4.79 Å². The van der Waals surface area contributed by atoms with Gasteiger partial charge in [-0.2, -0.15) is 0 Å². The molecule has 0 bridgehead atoms. The monoisotopic (exact) mass is 338 g/mol. The Morgan fingerprint density at radius 1 is 1.00 bits per heavy atom. The quantitative estimate of drug-likeness (QED) is 0.854. The van der Waals surface area contributed by atoms with Crippen LogP contribution in [0.15, 0.2) is 60.7 Å². The summed E-state index contributed by atoms with van der Waals surface area (Å²) in [6.45, 7) is 4.62. The van der Waals surface area contributed by atoms with Gasteiger partial charge in [0, 0.05) is 25.7 Å². The van der Waals surface area contributed by atoms with Gasteiger partial charge in [0.2, 0.25) is 0 Å². The molecule has 4 nitrogen and oxygen atoms in total. The first kappa shape index (κ1) is 17.5. The topological polar surface area (TPSA) is 32.8 Å². The molecule has 1 fully saturated rings. The zero-order valence-electron chi connectivity index (χ0n) is 15.0. The first-order valence-electron chi connectivity index (χ1n) is 8.84. The summed E-state index contributed by atoms with van der Waals surface area (Å²) < 4.78 is 5.03. The second-order valence-corrected chi connectivity index (χ2v) is 6.73. The lowest BCUT2D eigenvalue weighted by Gasteiger charge is -2.44. The van der Waals surface area contributed by atoms with Crippen molar-refractivity contribution in [2.75, 3.05) is 20.2 Å². The second-order valence-electron chi connectivity index (χ2n) is 6.73. The molecule has 0 aliphatic carbocycles.